The van der Waals surface area contributed by atoms with Crippen molar-refractivity contribution in [3.63, 3.8) is 0 Å². The van der Waals surface area contributed by atoms with E-state index in [0.717, 1.165) is 29.8 Å². The molecule has 132 valence electrons. The van der Waals surface area contributed by atoms with Crippen molar-refractivity contribution in [1.82, 2.24) is 14.3 Å². The monoisotopic (exact) mass is 377 g/mol. The second kappa shape index (κ2) is 7.56. The summed E-state index contributed by atoms with van der Waals surface area (Å²) in [5, 5.41) is 0.396. The molecule has 7 heteroatoms. The summed E-state index contributed by atoms with van der Waals surface area (Å²) in [6.45, 7) is 3.25. The predicted molar refractivity (Wildman–Crippen MR) is 100 cm³/mol. The fraction of sp³-hybridized carbons (Fsp3) is 0.278. The first-order valence-corrected chi connectivity index (χ1v) is 10.1. The molecule has 0 amide bonds. The highest BCUT2D eigenvalue weighted by molar-refractivity contribution is 7.89. The molecule has 0 radical (unpaired) electrons. The van der Waals surface area contributed by atoms with Gasteiger partial charge in [0, 0.05) is 24.5 Å². The first-order valence-electron chi connectivity index (χ1n) is 8.20. The molecule has 0 aliphatic rings. The van der Waals surface area contributed by atoms with E-state index in [4.69, 9.17) is 11.6 Å². The number of aryl methyl sites for hydroxylation is 1. The number of fused-ring (bicyclic) bond motifs is 1. The second-order valence-corrected chi connectivity index (χ2v) is 7.98. The van der Waals surface area contributed by atoms with E-state index in [9.17, 15) is 8.42 Å². The van der Waals surface area contributed by atoms with Crippen LogP contribution in [0.2, 0.25) is 5.02 Å². The van der Waals surface area contributed by atoms with E-state index in [2.05, 4.69) is 21.2 Å². The first-order chi connectivity index (χ1) is 12.0. The topological polar surface area (TPSA) is 64.0 Å². The lowest BCUT2D eigenvalue weighted by Gasteiger charge is -2.09. The van der Waals surface area contributed by atoms with Crippen LogP contribution >= 0.6 is 11.6 Å². The molecule has 0 fully saturated rings. The number of para-hydroxylation sites is 2. The van der Waals surface area contributed by atoms with Gasteiger partial charge in [-0.25, -0.2) is 18.1 Å². The molecule has 2 aromatic carbocycles. The van der Waals surface area contributed by atoms with E-state index in [1.165, 1.54) is 12.1 Å². The minimum atomic E-state index is -3.58. The average Bonchev–Trinajstić information content (AvgIpc) is 2.93. The number of halogens is 1. The Morgan fingerprint density at radius 3 is 2.72 bits per heavy atom. The van der Waals surface area contributed by atoms with Crippen molar-refractivity contribution in [2.24, 2.45) is 0 Å². The number of nitrogens with zero attached hydrogens (tertiary/aromatic N) is 2. The quantitative estimate of drug-likeness (QED) is 0.683. The molecular formula is C18H20ClN3O2S. The summed E-state index contributed by atoms with van der Waals surface area (Å²) in [5.74, 6) is 0.886. The summed E-state index contributed by atoms with van der Waals surface area (Å²) in [5.41, 5.74) is 2.01. The van der Waals surface area contributed by atoms with E-state index in [1.807, 2.05) is 24.3 Å². The fourth-order valence-corrected chi connectivity index (χ4v) is 4.14. The fourth-order valence-electron chi connectivity index (χ4n) is 2.80. The van der Waals surface area contributed by atoms with Gasteiger partial charge in [0.15, 0.2) is 0 Å². The molecule has 0 spiro atoms. The maximum absolute atomic E-state index is 12.4. The molecule has 1 heterocycles. The lowest BCUT2D eigenvalue weighted by molar-refractivity contribution is 0.578. The van der Waals surface area contributed by atoms with Crippen LogP contribution in [0.3, 0.4) is 0 Å². The summed E-state index contributed by atoms with van der Waals surface area (Å²) >= 11 is 5.88. The Bertz CT molecular complexity index is 983. The molecule has 3 rings (SSSR count). The summed E-state index contributed by atoms with van der Waals surface area (Å²) in [6.07, 6.45) is 1.51. The minimum Gasteiger partial charge on any atom is -0.328 e. The highest BCUT2D eigenvalue weighted by atomic mass is 35.5. The molecule has 1 N–H and O–H groups in total. The summed E-state index contributed by atoms with van der Waals surface area (Å²) in [6, 6.07) is 14.2. The number of sulfonamides is 1. The van der Waals surface area contributed by atoms with Gasteiger partial charge in [0.2, 0.25) is 10.0 Å². The van der Waals surface area contributed by atoms with Gasteiger partial charge in [-0.2, -0.15) is 0 Å². The Hall–Kier alpha value is -1.89. The van der Waals surface area contributed by atoms with E-state index in [-0.39, 0.29) is 11.4 Å². The SMILES string of the molecule is CCCn1c(CCNS(=O)(=O)c2cccc(Cl)c2)nc2ccccc21. The molecular weight excluding hydrogens is 358 g/mol. The molecule has 0 atom stereocenters. The maximum atomic E-state index is 12.4. The van der Waals surface area contributed by atoms with Crippen LogP contribution in [0.25, 0.3) is 11.0 Å². The van der Waals surface area contributed by atoms with Crippen LogP contribution in [0, 0.1) is 0 Å². The molecule has 0 saturated carbocycles. The Labute approximate surface area is 152 Å². The smallest absolute Gasteiger partial charge is 0.240 e. The number of aromatic nitrogens is 2. The molecule has 5 nitrogen and oxygen atoms in total. The van der Waals surface area contributed by atoms with E-state index < -0.39 is 10.0 Å². The number of rotatable bonds is 7. The van der Waals surface area contributed by atoms with Crippen LogP contribution in [0.15, 0.2) is 53.4 Å². The number of hydrogen-bond acceptors (Lipinski definition) is 3. The number of benzene rings is 2. The largest absolute Gasteiger partial charge is 0.328 e. The lowest BCUT2D eigenvalue weighted by Crippen LogP contribution is -2.26. The second-order valence-electron chi connectivity index (χ2n) is 5.77. The molecule has 3 aromatic rings. The highest BCUT2D eigenvalue weighted by Crippen LogP contribution is 2.18. The zero-order chi connectivity index (χ0) is 17.9. The minimum absolute atomic E-state index is 0.169. The average molecular weight is 378 g/mol. The van der Waals surface area contributed by atoms with E-state index in [1.54, 1.807) is 12.1 Å². The number of imidazole rings is 1. The van der Waals surface area contributed by atoms with Crippen LogP contribution in [-0.4, -0.2) is 24.5 Å². The van der Waals surface area contributed by atoms with Gasteiger partial charge in [0.1, 0.15) is 5.82 Å². The Balaban J connectivity index is 1.76. The standard InChI is InChI=1S/C18H20ClN3O2S/c1-2-12-22-17-9-4-3-8-16(17)21-18(22)10-11-20-25(23,24)15-7-5-6-14(19)13-15/h3-9,13,20H,2,10-12H2,1H3. The van der Waals surface area contributed by atoms with E-state index >= 15 is 0 Å². The van der Waals surface area contributed by atoms with Gasteiger partial charge < -0.3 is 4.57 Å². The van der Waals surface area contributed by atoms with Crippen LogP contribution < -0.4 is 4.72 Å². The molecule has 0 bridgehead atoms. The summed E-state index contributed by atoms with van der Waals surface area (Å²) < 4.78 is 29.5. The summed E-state index contributed by atoms with van der Waals surface area (Å²) in [4.78, 5) is 4.81. The zero-order valence-corrected chi connectivity index (χ0v) is 15.5. The highest BCUT2D eigenvalue weighted by Gasteiger charge is 2.15. The van der Waals surface area contributed by atoms with Gasteiger partial charge in [-0.3, -0.25) is 0 Å². The van der Waals surface area contributed by atoms with Gasteiger partial charge >= 0.3 is 0 Å². The van der Waals surface area contributed by atoms with Crippen LogP contribution in [0.4, 0.5) is 0 Å². The van der Waals surface area contributed by atoms with Crippen LogP contribution in [0.5, 0.6) is 0 Å². The molecule has 1 aromatic heterocycles. The molecule has 0 saturated heterocycles. The van der Waals surface area contributed by atoms with Gasteiger partial charge in [0.05, 0.1) is 15.9 Å². The maximum Gasteiger partial charge on any atom is 0.240 e. The lowest BCUT2D eigenvalue weighted by atomic mass is 10.3. The molecule has 0 unspecified atom stereocenters. The molecule has 25 heavy (non-hydrogen) atoms. The predicted octanol–water partition coefficient (Wildman–Crippen LogP) is 3.62. The molecule has 0 aliphatic carbocycles. The third-order valence-electron chi connectivity index (χ3n) is 3.93. The van der Waals surface area contributed by atoms with Crippen molar-refractivity contribution in [1.29, 1.82) is 0 Å². The number of nitrogens with one attached hydrogen (secondary N) is 1. The van der Waals surface area contributed by atoms with Gasteiger partial charge in [-0.15, -0.1) is 0 Å². The van der Waals surface area contributed by atoms with Crippen molar-refractivity contribution in [2.75, 3.05) is 6.54 Å². The Morgan fingerprint density at radius 2 is 1.96 bits per heavy atom. The Kier molecular flexibility index (Phi) is 5.42. The molecule has 0 aliphatic heterocycles. The number of hydrogen-bond donors (Lipinski definition) is 1. The van der Waals surface area contributed by atoms with Gasteiger partial charge in [-0.1, -0.05) is 36.7 Å². The van der Waals surface area contributed by atoms with Crippen molar-refractivity contribution in [3.05, 3.63) is 59.4 Å². The van der Waals surface area contributed by atoms with Crippen LogP contribution in [-0.2, 0) is 23.0 Å². The third kappa shape index (κ3) is 4.03. The zero-order valence-electron chi connectivity index (χ0n) is 13.9. The summed E-state index contributed by atoms with van der Waals surface area (Å²) in [7, 11) is -3.58. The Morgan fingerprint density at radius 1 is 1.16 bits per heavy atom. The first kappa shape index (κ1) is 17.9. The van der Waals surface area contributed by atoms with E-state index in [0.29, 0.717) is 11.4 Å². The van der Waals surface area contributed by atoms with Crippen molar-refractivity contribution >= 4 is 32.7 Å². The van der Waals surface area contributed by atoms with Crippen molar-refractivity contribution < 1.29 is 8.42 Å². The van der Waals surface area contributed by atoms with Crippen molar-refractivity contribution in [3.8, 4) is 0 Å². The van der Waals surface area contributed by atoms with Gasteiger partial charge in [-0.05, 0) is 36.8 Å². The normalized spacial score (nSPS) is 11.9. The van der Waals surface area contributed by atoms with Crippen molar-refractivity contribution in [2.45, 2.75) is 31.2 Å². The van der Waals surface area contributed by atoms with Gasteiger partial charge in [0.25, 0.3) is 0 Å². The third-order valence-corrected chi connectivity index (χ3v) is 5.62. The van der Waals surface area contributed by atoms with Crippen LogP contribution in [0.1, 0.15) is 19.2 Å².